The topological polar surface area (TPSA) is 72.5 Å². The van der Waals surface area contributed by atoms with Gasteiger partial charge in [0, 0.05) is 0 Å². The van der Waals surface area contributed by atoms with Crippen LogP contribution in [0.15, 0.2) is 0 Å². The van der Waals surface area contributed by atoms with Crippen LogP contribution in [0.4, 0.5) is 13.2 Å². The lowest BCUT2D eigenvalue weighted by Crippen LogP contribution is -2.50. The summed E-state index contributed by atoms with van der Waals surface area (Å²) in [5, 5.41) is 8.60. The van der Waals surface area contributed by atoms with Crippen molar-refractivity contribution in [2.75, 3.05) is 7.11 Å². The molecule has 0 heterocycles. The number of esters is 1. The van der Waals surface area contributed by atoms with E-state index in [0.717, 1.165) is 7.11 Å². The molecule has 3 N–H and O–H groups in total. The summed E-state index contributed by atoms with van der Waals surface area (Å²) in [6.07, 6.45) is -7.18. The molecule has 0 aromatic heterocycles. The Balaban J connectivity index is 4.29. The Morgan fingerprint density at radius 3 is 2.25 bits per heavy atom. The summed E-state index contributed by atoms with van der Waals surface area (Å²) < 4.78 is 39.0. The molecule has 0 rings (SSSR count). The van der Waals surface area contributed by atoms with E-state index in [0.29, 0.717) is 0 Å². The number of alkyl halides is 3. The number of aliphatic hydroxyl groups is 1. The standard InChI is InChI=1S/C5H8F3NO3/c1-12-4(11)2(10)3(9)5(6,7)8/h2-3,10H,9H2,1H3. The van der Waals surface area contributed by atoms with Gasteiger partial charge < -0.3 is 15.6 Å². The van der Waals surface area contributed by atoms with Crippen molar-refractivity contribution >= 4 is 5.97 Å². The molecular formula is C5H8F3NO3. The average molecular weight is 187 g/mol. The Morgan fingerprint density at radius 2 is 2.00 bits per heavy atom. The van der Waals surface area contributed by atoms with Crippen molar-refractivity contribution in [3.63, 3.8) is 0 Å². The zero-order chi connectivity index (χ0) is 9.94. The molecule has 0 fully saturated rings. The Bertz CT molecular complexity index is 170. The van der Waals surface area contributed by atoms with Gasteiger partial charge in [-0.25, -0.2) is 4.79 Å². The minimum absolute atomic E-state index is 0.856. The first-order chi connectivity index (χ1) is 5.30. The summed E-state index contributed by atoms with van der Waals surface area (Å²) in [5.41, 5.74) is 4.49. The van der Waals surface area contributed by atoms with Crippen LogP contribution in [-0.2, 0) is 9.53 Å². The van der Waals surface area contributed by atoms with E-state index in [9.17, 15) is 18.0 Å². The number of ether oxygens (including phenoxy) is 1. The second kappa shape index (κ2) is 3.72. The molecule has 2 unspecified atom stereocenters. The van der Waals surface area contributed by atoms with Crippen LogP contribution in [0.5, 0.6) is 0 Å². The monoisotopic (exact) mass is 187 g/mol. The highest BCUT2D eigenvalue weighted by Gasteiger charge is 2.44. The van der Waals surface area contributed by atoms with Crippen molar-refractivity contribution in [2.45, 2.75) is 18.3 Å². The molecule has 12 heavy (non-hydrogen) atoms. The number of rotatable bonds is 2. The molecule has 0 aliphatic carbocycles. The van der Waals surface area contributed by atoms with Crippen molar-refractivity contribution in [3.05, 3.63) is 0 Å². The van der Waals surface area contributed by atoms with Crippen LogP contribution < -0.4 is 5.73 Å². The van der Waals surface area contributed by atoms with Crippen LogP contribution in [0, 0.1) is 0 Å². The number of aliphatic hydroxyl groups excluding tert-OH is 1. The highest BCUT2D eigenvalue weighted by atomic mass is 19.4. The van der Waals surface area contributed by atoms with E-state index in [1.165, 1.54) is 0 Å². The largest absolute Gasteiger partial charge is 0.467 e. The molecule has 0 aliphatic heterocycles. The maximum absolute atomic E-state index is 11.7. The second-order valence-electron chi connectivity index (χ2n) is 2.04. The lowest BCUT2D eigenvalue weighted by atomic mass is 10.2. The van der Waals surface area contributed by atoms with Gasteiger partial charge in [-0.3, -0.25) is 0 Å². The normalized spacial score (nSPS) is 16.8. The lowest BCUT2D eigenvalue weighted by molar-refractivity contribution is -0.184. The zero-order valence-electron chi connectivity index (χ0n) is 6.13. The summed E-state index contributed by atoms with van der Waals surface area (Å²) >= 11 is 0. The number of hydrogen-bond acceptors (Lipinski definition) is 4. The highest BCUT2D eigenvalue weighted by molar-refractivity contribution is 5.75. The van der Waals surface area contributed by atoms with E-state index in [1.54, 1.807) is 0 Å². The van der Waals surface area contributed by atoms with Gasteiger partial charge in [-0.15, -0.1) is 0 Å². The van der Waals surface area contributed by atoms with Crippen LogP contribution in [0.25, 0.3) is 0 Å². The molecule has 72 valence electrons. The number of halogens is 3. The van der Waals surface area contributed by atoms with Gasteiger partial charge in [0.05, 0.1) is 7.11 Å². The molecule has 0 aliphatic rings. The Kier molecular flexibility index (Phi) is 3.47. The quantitative estimate of drug-likeness (QED) is 0.567. The molecule has 7 heteroatoms. The maximum atomic E-state index is 11.7. The van der Waals surface area contributed by atoms with Gasteiger partial charge in [0.2, 0.25) is 0 Å². The van der Waals surface area contributed by atoms with Gasteiger partial charge in [-0.2, -0.15) is 13.2 Å². The molecule has 0 saturated carbocycles. The molecular weight excluding hydrogens is 179 g/mol. The van der Waals surface area contributed by atoms with Gasteiger partial charge in [0.1, 0.15) is 6.04 Å². The Labute approximate surface area is 66.1 Å². The molecule has 0 spiro atoms. The number of carbonyl (C=O) groups is 1. The highest BCUT2D eigenvalue weighted by Crippen LogP contribution is 2.20. The summed E-state index contributed by atoms with van der Waals surface area (Å²) in [6.45, 7) is 0. The second-order valence-corrected chi connectivity index (χ2v) is 2.04. The molecule has 0 aromatic carbocycles. The minimum atomic E-state index is -4.81. The summed E-state index contributed by atoms with van der Waals surface area (Å²) in [5.74, 6) is -1.40. The molecule has 0 radical (unpaired) electrons. The predicted octanol–water partition coefficient (Wildman–Crippen LogP) is -0.590. The average Bonchev–Trinajstić information content (AvgIpc) is 1.98. The van der Waals surface area contributed by atoms with Crippen LogP contribution in [0.2, 0.25) is 0 Å². The molecule has 0 amide bonds. The zero-order valence-corrected chi connectivity index (χ0v) is 6.13. The third-order valence-corrected chi connectivity index (χ3v) is 1.16. The van der Waals surface area contributed by atoms with E-state index in [2.05, 4.69) is 10.5 Å². The van der Waals surface area contributed by atoms with Gasteiger partial charge in [0.25, 0.3) is 0 Å². The van der Waals surface area contributed by atoms with E-state index >= 15 is 0 Å². The van der Waals surface area contributed by atoms with E-state index in [4.69, 9.17) is 5.11 Å². The SMILES string of the molecule is COC(=O)C(O)C(N)C(F)(F)F. The molecule has 2 atom stereocenters. The van der Waals surface area contributed by atoms with E-state index in [1.807, 2.05) is 0 Å². The van der Waals surface area contributed by atoms with Crippen molar-refractivity contribution in [3.8, 4) is 0 Å². The van der Waals surface area contributed by atoms with Crippen LogP contribution in [0.3, 0.4) is 0 Å². The summed E-state index contributed by atoms with van der Waals surface area (Å²) in [7, 11) is 0.856. The minimum Gasteiger partial charge on any atom is -0.467 e. The molecule has 0 aromatic rings. The first kappa shape index (κ1) is 11.2. The van der Waals surface area contributed by atoms with Crippen molar-refractivity contribution < 1.29 is 27.8 Å². The fraction of sp³-hybridized carbons (Fsp3) is 0.800. The third-order valence-electron chi connectivity index (χ3n) is 1.16. The van der Waals surface area contributed by atoms with Gasteiger partial charge >= 0.3 is 12.1 Å². The fourth-order valence-electron chi connectivity index (χ4n) is 0.446. The number of nitrogens with two attached hydrogens (primary N) is 1. The third kappa shape index (κ3) is 2.67. The number of hydrogen-bond donors (Lipinski definition) is 2. The Morgan fingerprint density at radius 1 is 1.58 bits per heavy atom. The van der Waals surface area contributed by atoms with Gasteiger partial charge in [-0.1, -0.05) is 0 Å². The molecule has 4 nitrogen and oxygen atoms in total. The van der Waals surface area contributed by atoms with E-state index in [-0.39, 0.29) is 0 Å². The molecule has 0 saturated heterocycles. The van der Waals surface area contributed by atoms with Crippen molar-refractivity contribution in [1.29, 1.82) is 0 Å². The number of methoxy groups -OCH3 is 1. The summed E-state index contributed by atoms with van der Waals surface area (Å²) in [6, 6.07) is -2.61. The first-order valence-electron chi connectivity index (χ1n) is 2.89. The fourth-order valence-corrected chi connectivity index (χ4v) is 0.446. The smallest absolute Gasteiger partial charge is 0.406 e. The van der Waals surface area contributed by atoms with Crippen LogP contribution >= 0.6 is 0 Å². The van der Waals surface area contributed by atoms with E-state index < -0.39 is 24.3 Å². The van der Waals surface area contributed by atoms with Crippen LogP contribution in [-0.4, -0.2) is 36.5 Å². The Hall–Kier alpha value is -0.820. The summed E-state index contributed by atoms with van der Waals surface area (Å²) in [4.78, 5) is 10.3. The van der Waals surface area contributed by atoms with Crippen molar-refractivity contribution in [2.24, 2.45) is 5.73 Å². The number of carbonyl (C=O) groups excluding carboxylic acids is 1. The maximum Gasteiger partial charge on any atom is 0.406 e. The van der Waals surface area contributed by atoms with Crippen molar-refractivity contribution in [1.82, 2.24) is 0 Å². The molecule has 0 bridgehead atoms. The first-order valence-corrected chi connectivity index (χ1v) is 2.89. The van der Waals surface area contributed by atoms with Crippen LogP contribution in [0.1, 0.15) is 0 Å². The lowest BCUT2D eigenvalue weighted by Gasteiger charge is -2.18. The van der Waals surface area contributed by atoms with Gasteiger partial charge in [0.15, 0.2) is 6.10 Å². The van der Waals surface area contributed by atoms with Gasteiger partial charge in [-0.05, 0) is 0 Å². The predicted molar refractivity (Wildman–Crippen MR) is 32.1 cm³/mol.